The molecule has 1 aliphatic heterocycles. The predicted molar refractivity (Wildman–Crippen MR) is 74.6 cm³/mol. The number of hydrogen-bond donors (Lipinski definition) is 0. The molecule has 5 heteroatoms. The molecule has 20 heavy (non-hydrogen) atoms. The third kappa shape index (κ3) is 2.99. The molecule has 0 saturated carbocycles. The Morgan fingerprint density at radius 2 is 2.35 bits per heavy atom. The smallest absolute Gasteiger partial charge is 0.311 e. The molecule has 0 N–H and O–H groups in total. The van der Waals surface area contributed by atoms with E-state index in [1.54, 1.807) is 17.0 Å². The number of carbonyl (C=O) groups is 2. The van der Waals surface area contributed by atoms with Crippen LogP contribution in [0.4, 0.5) is 5.69 Å². The average molecular weight is 275 g/mol. The molecule has 1 aliphatic rings. The molecule has 0 aliphatic carbocycles. The summed E-state index contributed by atoms with van der Waals surface area (Å²) in [7, 11) is 1.33. The summed E-state index contributed by atoms with van der Waals surface area (Å²) >= 11 is 0. The van der Waals surface area contributed by atoms with Crippen LogP contribution in [0.1, 0.15) is 6.42 Å². The molecule has 1 aromatic carbocycles. The third-order valence-corrected chi connectivity index (χ3v) is 3.16. The molecule has 1 aromatic rings. The van der Waals surface area contributed by atoms with E-state index in [2.05, 4.69) is 11.3 Å². The highest BCUT2D eigenvalue weighted by atomic mass is 16.5. The summed E-state index contributed by atoms with van der Waals surface area (Å²) in [5.41, 5.74) is 0.725. The number of rotatable bonds is 5. The van der Waals surface area contributed by atoms with Gasteiger partial charge in [-0.3, -0.25) is 9.59 Å². The summed E-state index contributed by atoms with van der Waals surface area (Å²) in [6.07, 6.45) is 1.84. The molecule has 1 atom stereocenters. The van der Waals surface area contributed by atoms with Gasteiger partial charge >= 0.3 is 5.97 Å². The number of esters is 1. The van der Waals surface area contributed by atoms with E-state index in [0.717, 1.165) is 5.69 Å². The highest BCUT2D eigenvalue weighted by molar-refractivity contribution is 5.99. The van der Waals surface area contributed by atoms with Gasteiger partial charge in [0, 0.05) is 24.7 Å². The van der Waals surface area contributed by atoms with Crippen molar-refractivity contribution in [3.8, 4) is 5.75 Å². The molecular weight excluding hydrogens is 258 g/mol. The number of ether oxygens (including phenoxy) is 2. The fourth-order valence-corrected chi connectivity index (χ4v) is 2.18. The first-order valence-corrected chi connectivity index (χ1v) is 6.37. The van der Waals surface area contributed by atoms with Crippen molar-refractivity contribution in [1.29, 1.82) is 0 Å². The fraction of sp³-hybridized carbons (Fsp3) is 0.333. The van der Waals surface area contributed by atoms with Crippen molar-refractivity contribution in [1.82, 2.24) is 0 Å². The van der Waals surface area contributed by atoms with E-state index in [0.29, 0.717) is 18.9 Å². The van der Waals surface area contributed by atoms with Crippen molar-refractivity contribution in [2.75, 3.05) is 25.2 Å². The summed E-state index contributed by atoms with van der Waals surface area (Å²) in [5.74, 6) is -0.164. The molecule has 0 radical (unpaired) electrons. The zero-order valence-corrected chi connectivity index (χ0v) is 11.4. The maximum atomic E-state index is 12.0. The maximum Gasteiger partial charge on any atom is 0.311 e. The lowest BCUT2D eigenvalue weighted by Crippen LogP contribution is -2.26. The summed E-state index contributed by atoms with van der Waals surface area (Å²) in [6, 6.07) is 7.22. The molecule has 1 saturated heterocycles. The Hall–Kier alpha value is -2.30. The van der Waals surface area contributed by atoms with Gasteiger partial charge in [0.1, 0.15) is 12.4 Å². The zero-order valence-electron chi connectivity index (χ0n) is 11.4. The average Bonchev–Trinajstić information content (AvgIpc) is 2.86. The Morgan fingerprint density at radius 3 is 3.05 bits per heavy atom. The van der Waals surface area contributed by atoms with Crippen LogP contribution in [-0.4, -0.2) is 32.1 Å². The normalized spacial score (nSPS) is 17.9. The molecule has 1 heterocycles. The van der Waals surface area contributed by atoms with Gasteiger partial charge in [-0.05, 0) is 12.1 Å². The van der Waals surface area contributed by atoms with Crippen LogP contribution in [0.25, 0.3) is 0 Å². The van der Waals surface area contributed by atoms with E-state index >= 15 is 0 Å². The lowest BCUT2D eigenvalue weighted by atomic mass is 10.1. The minimum absolute atomic E-state index is 0.0822. The van der Waals surface area contributed by atoms with Gasteiger partial charge in [0.15, 0.2) is 0 Å². The van der Waals surface area contributed by atoms with Crippen molar-refractivity contribution < 1.29 is 19.1 Å². The van der Waals surface area contributed by atoms with Crippen molar-refractivity contribution in [3.63, 3.8) is 0 Å². The molecule has 1 fully saturated rings. The minimum Gasteiger partial charge on any atom is -0.489 e. The molecular formula is C15H17NO4. The van der Waals surface area contributed by atoms with E-state index < -0.39 is 5.92 Å². The summed E-state index contributed by atoms with van der Waals surface area (Å²) in [5, 5.41) is 0. The van der Waals surface area contributed by atoms with Gasteiger partial charge in [0.2, 0.25) is 5.91 Å². The van der Waals surface area contributed by atoms with Crippen LogP contribution in [0, 0.1) is 5.92 Å². The van der Waals surface area contributed by atoms with E-state index in [1.807, 2.05) is 18.2 Å². The molecule has 0 unspecified atom stereocenters. The number of hydrogen-bond acceptors (Lipinski definition) is 4. The Balaban J connectivity index is 2.13. The van der Waals surface area contributed by atoms with Crippen LogP contribution in [0.2, 0.25) is 0 Å². The van der Waals surface area contributed by atoms with Gasteiger partial charge < -0.3 is 14.4 Å². The van der Waals surface area contributed by atoms with E-state index in [9.17, 15) is 9.59 Å². The first-order chi connectivity index (χ1) is 9.65. The number of anilines is 1. The molecule has 106 valence electrons. The van der Waals surface area contributed by atoms with Crippen molar-refractivity contribution >= 4 is 17.6 Å². The second-order valence-corrected chi connectivity index (χ2v) is 4.53. The molecule has 0 bridgehead atoms. The van der Waals surface area contributed by atoms with Crippen LogP contribution in [-0.2, 0) is 14.3 Å². The van der Waals surface area contributed by atoms with Gasteiger partial charge in [0.05, 0.1) is 13.0 Å². The highest BCUT2D eigenvalue weighted by Crippen LogP contribution is 2.28. The third-order valence-electron chi connectivity index (χ3n) is 3.16. The summed E-state index contributed by atoms with van der Waals surface area (Å²) in [4.78, 5) is 25.1. The standard InChI is InChI=1S/C15H17NO4/c1-3-7-20-13-6-4-5-12(9-13)16-10-11(8-14(16)17)15(18)19-2/h3-6,9,11H,1,7-8,10H2,2H3/t11-/m0/s1. The van der Waals surface area contributed by atoms with Crippen LogP contribution in [0.15, 0.2) is 36.9 Å². The quantitative estimate of drug-likeness (QED) is 0.607. The Bertz CT molecular complexity index is 526. The van der Waals surface area contributed by atoms with Crippen LogP contribution < -0.4 is 9.64 Å². The number of nitrogens with zero attached hydrogens (tertiary/aromatic N) is 1. The van der Waals surface area contributed by atoms with E-state index in [4.69, 9.17) is 4.74 Å². The van der Waals surface area contributed by atoms with Gasteiger partial charge in [-0.15, -0.1) is 0 Å². The molecule has 0 aromatic heterocycles. The topological polar surface area (TPSA) is 55.8 Å². The van der Waals surface area contributed by atoms with Gasteiger partial charge in [-0.1, -0.05) is 18.7 Å². The number of benzene rings is 1. The first kappa shape index (κ1) is 14.1. The Labute approximate surface area is 117 Å². The van der Waals surface area contributed by atoms with Gasteiger partial charge in [-0.25, -0.2) is 0 Å². The van der Waals surface area contributed by atoms with Crippen molar-refractivity contribution in [2.24, 2.45) is 5.92 Å². The van der Waals surface area contributed by atoms with Crippen LogP contribution >= 0.6 is 0 Å². The van der Waals surface area contributed by atoms with Crippen molar-refractivity contribution in [2.45, 2.75) is 6.42 Å². The van der Waals surface area contributed by atoms with Crippen LogP contribution in [0.3, 0.4) is 0 Å². The van der Waals surface area contributed by atoms with Gasteiger partial charge in [0.25, 0.3) is 0 Å². The number of methoxy groups -OCH3 is 1. The Kier molecular flexibility index (Phi) is 4.40. The monoisotopic (exact) mass is 275 g/mol. The molecule has 5 nitrogen and oxygen atoms in total. The number of carbonyl (C=O) groups excluding carboxylic acids is 2. The van der Waals surface area contributed by atoms with Gasteiger partial charge in [-0.2, -0.15) is 0 Å². The minimum atomic E-state index is -0.398. The summed E-state index contributed by atoms with van der Waals surface area (Å²) in [6.45, 7) is 4.33. The second-order valence-electron chi connectivity index (χ2n) is 4.53. The molecule has 2 rings (SSSR count). The lowest BCUT2D eigenvalue weighted by molar-refractivity contribution is -0.145. The van der Waals surface area contributed by atoms with E-state index in [1.165, 1.54) is 7.11 Å². The Morgan fingerprint density at radius 1 is 1.55 bits per heavy atom. The lowest BCUT2D eigenvalue weighted by Gasteiger charge is -2.17. The van der Waals surface area contributed by atoms with Crippen LogP contribution in [0.5, 0.6) is 5.75 Å². The van der Waals surface area contributed by atoms with Crippen molar-refractivity contribution in [3.05, 3.63) is 36.9 Å². The zero-order chi connectivity index (χ0) is 14.5. The first-order valence-electron chi connectivity index (χ1n) is 6.37. The maximum absolute atomic E-state index is 12.0. The van der Waals surface area contributed by atoms with E-state index in [-0.39, 0.29) is 18.3 Å². The summed E-state index contributed by atoms with van der Waals surface area (Å²) < 4.78 is 10.1. The SMILES string of the molecule is C=CCOc1cccc(N2C[C@@H](C(=O)OC)CC2=O)c1. The largest absolute Gasteiger partial charge is 0.489 e. The highest BCUT2D eigenvalue weighted by Gasteiger charge is 2.35. The fourth-order valence-electron chi connectivity index (χ4n) is 2.18. The predicted octanol–water partition coefficient (Wildman–Crippen LogP) is 1.78. The molecule has 1 amide bonds. The second kappa shape index (κ2) is 6.23. The number of amides is 1. The molecule has 0 spiro atoms.